The summed E-state index contributed by atoms with van der Waals surface area (Å²) >= 11 is 0. The Morgan fingerprint density at radius 1 is 1.00 bits per heavy atom. The van der Waals surface area contributed by atoms with Crippen LogP contribution in [0.1, 0.15) is 11.3 Å². The van der Waals surface area contributed by atoms with Crippen molar-refractivity contribution in [3.05, 3.63) is 96.3 Å². The molecule has 2 aromatic heterocycles. The maximum Gasteiger partial charge on any atom is 0.379 e. The Labute approximate surface area is 188 Å². The number of hydrogen-bond donors (Lipinski definition) is 2. The predicted octanol–water partition coefficient (Wildman–Crippen LogP) is 6.16. The second kappa shape index (κ2) is 9.04. The number of aryl methyl sites for hydroxylation is 1. The number of hydrogen-bond acceptors (Lipinski definition) is 5. The molecule has 0 fully saturated rings. The molecule has 33 heavy (non-hydrogen) atoms. The second-order valence-corrected chi connectivity index (χ2v) is 7.23. The molecular formula is C25H19F2N3O3. The van der Waals surface area contributed by atoms with Gasteiger partial charge in [0, 0.05) is 34.8 Å². The molecule has 0 spiro atoms. The summed E-state index contributed by atoms with van der Waals surface area (Å²) in [6.45, 7) is 1.90. The molecule has 0 radical (unpaired) electrons. The molecule has 0 aliphatic heterocycles. The fourth-order valence-electron chi connectivity index (χ4n) is 3.16. The summed E-state index contributed by atoms with van der Waals surface area (Å²) in [6, 6.07) is 21.6. The quantitative estimate of drug-likeness (QED) is 0.353. The van der Waals surface area contributed by atoms with E-state index in [1.807, 2.05) is 49.4 Å². The Hall–Kier alpha value is -4.33. The van der Waals surface area contributed by atoms with Gasteiger partial charge in [-0.25, -0.2) is 14.8 Å². The van der Waals surface area contributed by atoms with Crippen LogP contribution < -0.4 is 10.1 Å². The zero-order valence-electron chi connectivity index (χ0n) is 17.5. The number of benzene rings is 2. The van der Waals surface area contributed by atoms with Crippen LogP contribution in [0.2, 0.25) is 0 Å². The molecule has 4 rings (SSSR count). The molecule has 0 aliphatic carbocycles. The van der Waals surface area contributed by atoms with Crippen molar-refractivity contribution < 1.29 is 23.4 Å². The summed E-state index contributed by atoms with van der Waals surface area (Å²) in [5.74, 6) is -4.87. The Morgan fingerprint density at radius 3 is 2.55 bits per heavy atom. The third-order valence-electron chi connectivity index (χ3n) is 4.77. The van der Waals surface area contributed by atoms with E-state index in [4.69, 9.17) is 9.84 Å². The molecule has 0 unspecified atom stereocenters. The van der Waals surface area contributed by atoms with Gasteiger partial charge in [-0.05, 0) is 37.3 Å². The van der Waals surface area contributed by atoms with E-state index >= 15 is 0 Å². The molecule has 0 saturated carbocycles. The molecule has 0 bridgehead atoms. The molecule has 0 saturated heterocycles. The van der Waals surface area contributed by atoms with Gasteiger partial charge in [-0.3, -0.25) is 0 Å². The molecular weight excluding hydrogens is 428 g/mol. The number of aromatic nitrogens is 2. The van der Waals surface area contributed by atoms with E-state index in [9.17, 15) is 13.6 Å². The fourth-order valence-corrected chi connectivity index (χ4v) is 3.16. The molecule has 2 N–H and O–H groups in total. The number of rotatable bonds is 7. The van der Waals surface area contributed by atoms with Gasteiger partial charge < -0.3 is 15.2 Å². The minimum Gasteiger partial charge on any atom is -0.477 e. The lowest BCUT2D eigenvalue weighted by Gasteiger charge is -2.14. The third-order valence-corrected chi connectivity index (χ3v) is 4.77. The van der Waals surface area contributed by atoms with Crippen LogP contribution in [0, 0.1) is 6.92 Å². The van der Waals surface area contributed by atoms with Gasteiger partial charge in [0.15, 0.2) is 5.75 Å². The van der Waals surface area contributed by atoms with Gasteiger partial charge in [0.2, 0.25) is 0 Å². The lowest BCUT2D eigenvalue weighted by atomic mass is 10.1. The van der Waals surface area contributed by atoms with Crippen molar-refractivity contribution in [1.82, 2.24) is 9.97 Å². The molecule has 0 atom stereocenters. The number of carboxylic acids is 1. The number of nitrogens with zero attached hydrogens (tertiary/aromatic N) is 2. The number of alkyl halides is 2. The predicted molar refractivity (Wildman–Crippen MR) is 120 cm³/mol. The summed E-state index contributed by atoms with van der Waals surface area (Å²) in [5, 5.41) is 11.7. The number of carbonyl (C=O) groups is 1. The van der Waals surface area contributed by atoms with Gasteiger partial charge in [-0.15, -0.1) is 0 Å². The standard InChI is InChI=1S/C25H19F2N3O3/c1-16-10-11-21(23(29-16)17-6-3-2-4-7-17)33-20-12-13-28-22(15-20)30-19-9-5-8-18(14-19)25(26,27)24(31)32/h2-15H,1H3,(H,28,30)(H,31,32). The molecule has 4 aromatic rings. The first-order valence-corrected chi connectivity index (χ1v) is 9.99. The van der Waals surface area contributed by atoms with Gasteiger partial charge in [-0.1, -0.05) is 42.5 Å². The summed E-state index contributed by atoms with van der Waals surface area (Å²) < 4.78 is 33.7. The lowest BCUT2D eigenvalue weighted by Crippen LogP contribution is -2.25. The number of carboxylic acid groups (broad SMARTS) is 1. The minimum absolute atomic E-state index is 0.264. The topological polar surface area (TPSA) is 84.3 Å². The minimum atomic E-state index is -4.00. The maximum absolute atomic E-state index is 13.8. The molecule has 2 aromatic carbocycles. The molecule has 0 aliphatic rings. The van der Waals surface area contributed by atoms with Crippen LogP contribution in [0.5, 0.6) is 11.5 Å². The Balaban J connectivity index is 1.59. The number of ether oxygens (including phenoxy) is 1. The van der Waals surface area contributed by atoms with Crippen LogP contribution >= 0.6 is 0 Å². The van der Waals surface area contributed by atoms with Crippen LogP contribution in [-0.2, 0) is 10.7 Å². The lowest BCUT2D eigenvalue weighted by molar-refractivity contribution is -0.166. The van der Waals surface area contributed by atoms with E-state index in [0.717, 1.165) is 23.4 Å². The number of pyridine rings is 2. The highest BCUT2D eigenvalue weighted by Crippen LogP contribution is 2.34. The van der Waals surface area contributed by atoms with Crippen LogP contribution in [0.4, 0.5) is 20.3 Å². The van der Waals surface area contributed by atoms with E-state index in [0.29, 0.717) is 23.0 Å². The zero-order chi connectivity index (χ0) is 23.4. The second-order valence-electron chi connectivity index (χ2n) is 7.23. The van der Waals surface area contributed by atoms with Crippen molar-refractivity contribution in [3.8, 4) is 22.8 Å². The first-order valence-electron chi connectivity index (χ1n) is 9.99. The largest absolute Gasteiger partial charge is 0.477 e. The van der Waals surface area contributed by atoms with Crippen molar-refractivity contribution in [2.24, 2.45) is 0 Å². The van der Waals surface area contributed by atoms with Crippen molar-refractivity contribution in [3.63, 3.8) is 0 Å². The van der Waals surface area contributed by atoms with E-state index in [2.05, 4.69) is 15.3 Å². The van der Waals surface area contributed by atoms with E-state index in [-0.39, 0.29) is 5.69 Å². The van der Waals surface area contributed by atoms with Gasteiger partial charge in [0.05, 0.1) is 0 Å². The Bertz CT molecular complexity index is 1300. The summed E-state index contributed by atoms with van der Waals surface area (Å²) in [5.41, 5.74) is 2.06. The molecule has 166 valence electrons. The van der Waals surface area contributed by atoms with E-state index in [1.165, 1.54) is 18.3 Å². The van der Waals surface area contributed by atoms with E-state index in [1.54, 1.807) is 12.1 Å². The van der Waals surface area contributed by atoms with Gasteiger partial charge in [0.1, 0.15) is 17.3 Å². The van der Waals surface area contributed by atoms with Crippen molar-refractivity contribution >= 4 is 17.5 Å². The summed E-state index contributed by atoms with van der Waals surface area (Å²) in [4.78, 5) is 19.6. The van der Waals surface area contributed by atoms with Gasteiger partial charge in [0.25, 0.3) is 0 Å². The molecule has 0 amide bonds. The maximum atomic E-state index is 13.8. The average Bonchev–Trinajstić information content (AvgIpc) is 2.81. The SMILES string of the molecule is Cc1ccc(Oc2ccnc(Nc3cccc(C(F)(F)C(=O)O)c3)c2)c(-c2ccccc2)n1. The summed E-state index contributed by atoms with van der Waals surface area (Å²) in [7, 11) is 0. The number of aliphatic carboxylic acids is 1. The van der Waals surface area contributed by atoms with Crippen LogP contribution in [0.25, 0.3) is 11.3 Å². The van der Waals surface area contributed by atoms with Crippen molar-refractivity contribution in [1.29, 1.82) is 0 Å². The number of nitrogens with one attached hydrogen (secondary N) is 1. The van der Waals surface area contributed by atoms with Crippen molar-refractivity contribution in [2.45, 2.75) is 12.8 Å². The van der Waals surface area contributed by atoms with E-state index < -0.39 is 17.5 Å². The Kier molecular flexibility index (Phi) is 5.99. The zero-order valence-corrected chi connectivity index (χ0v) is 17.5. The monoisotopic (exact) mass is 447 g/mol. The first kappa shape index (κ1) is 21.9. The van der Waals surface area contributed by atoms with Gasteiger partial charge in [-0.2, -0.15) is 8.78 Å². The smallest absolute Gasteiger partial charge is 0.379 e. The molecule has 8 heteroatoms. The fraction of sp³-hybridized carbons (Fsp3) is 0.0800. The highest BCUT2D eigenvalue weighted by atomic mass is 19.3. The highest BCUT2D eigenvalue weighted by Gasteiger charge is 2.41. The van der Waals surface area contributed by atoms with Crippen LogP contribution in [-0.4, -0.2) is 21.0 Å². The third kappa shape index (κ3) is 4.95. The number of anilines is 2. The molecule has 2 heterocycles. The van der Waals surface area contributed by atoms with Gasteiger partial charge >= 0.3 is 11.9 Å². The molecule has 6 nitrogen and oxygen atoms in total. The van der Waals surface area contributed by atoms with Crippen LogP contribution in [0.15, 0.2) is 85.1 Å². The van der Waals surface area contributed by atoms with Crippen molar-refractivity contribution in [2.75, 3.05) is 5.32 Å². The normalized spacial score (nSPS) is 11.1. The first-order chi connectivity index (χ1) is 15.8. The highest BCUT2D eigenvalue weighted by molar-refractivity contribution is 5.78. The Morgan fingerprint density at radius 2 is 1.79 bits per heavy atom. The summed E-state index contributed by atoms with van der Waals surface area (Å²) in [6.07, 6.45) is 1.51. The van der Waals surface area contributed by atoms with Crippen LogP contribution in [0.3, 0.4) is 0 Å². The average molecular weight is 447 g/mol. The number of halogens is 2.